The number of benzene rings is 1. The number of hydrogen-bond donors (Lipinski definition) is 1. The molecule has 1 aliphatic heterocycles. The average molecular weight is 508 g/mol. The number of rotatable bonds is 2. The van der Waals surface area contributed by atoms with Crippen LogP contribution in [0.1, 0.15) is 31.1 Å². The molecule has 176 valence electrons. The summed E-state index contributed by atoms with van der Waals surface area (Å²) < 4.78 is 46.2. The van der Waals surface area contributed by atoms with E-state index in [-0.39, 0.29) is 32.7 Å². The minimum Gasteiger partial charge on any atom is -0.505 e. The highest BCUT2D eigenvalue weighted by atomic mass is 35.5. The summed E-state index contributed by atoms with van der Waals surface area (Å²) in [6.07, 6.45) is 0.811. The summed E-state index contributed by atoms with van der Waals surface area (Å²) in [6, 6.07) is 5.54. The molecule has 1 aliphatic carbocycles. The highest BCUT2D eigenvalue weighted by Crippen LogP contribution is 2.50. The van der Waals surface area contributed by atoms with Crippen molar-refractivity contribution in [2.75, 3.05) is 0 Å². The van der Waals surface area contributed by atoms with Gasteiger partial charge >= 0.3 is 11.8 Å². The lowest BCUT2D eigenvalue weighted by atomic mass is 9.74. The average Bonchev–Trinajstić information content (AvgIpc) is 2.97. The summed E-state index contributed by atoms with van der Waals surface area (Å²) in [6.45, 7) is 3.90. The minimum atomic E-state index is -4.57. The van der Waals surface area contributed by atoms with Crippen LogP contribution in [-0.2, 0) is 11.6 Å². The van der Waals surface area contributed by atoms with Crippen LogP contribution in [0.3, 0.4) is 0 Å². The van der Waals surface area contributed by atoms with E-state index in [1.165, 1.54) is 12.1 Å². The van der Waals surface area contributed by atoms with Crippen LogP contribution < -0.4 is 11.2 Å². The highest BCUT2D eigenvalue weighted by Gasteiger charge is 2.46. The molecule has 2 aliphatic rings. The van der Waals surface area contributed by atoms with Gasteiger partial charge in [-0.2, -0.15) is 13.2 Å². The molecule has 2 unspecified atom stereocenters. The van der Waals surface area contributed by atoms with Gasteiger partial charge in [-0.15, -0.1) is 0 Å². The minimum absolute atomic E-state index is 0.0641. The first-order valence-corrected chi connectivity index (χ1v) is 11.5. The Morgan fingerprint density at radius 3 is 2.65 bits per heavy atom. The number of hydrogen-bond acceptors (Lipinski definition) is 5. The third-order valence-corrected chi connectivity index (χ3v) is 7.68. The zero-order chi connectivity index (χ0) is 24.6. The van der Waals surface area contributed by atoms with Gasteiger partial charge in [0.15, 0.2) is 5.75 Å². The molecule has 1 N–H and O–H groups in total. The van der Waals surface area contributed by atoms with E-state index in [0.29, 0.717) is 22.5 Å². The number of allylic oxidation sites excluding steroid dienone is 4. The maximum absolute atomic E-state index is 13.6. The van der Waals surface area contributed by atoms with Crippen molar-refractivity contribution in [1.82, 2.24) is 4.57 Å². The Hall–Kier alpha value is -2.91. The van der Waals surface area contributed by atoms with Crippen molar-refractivity contribution in [3.8, 4) is 5.75 Å². The molecule has 5 rings (SSSR count). The second-order valence-corrected chi connectivity index (χ2v) is 10.3. The lowest BCUT2D eigenvalue weighted by Crippen LogP contribution is -2.25. The van der Waals surface area contributed by atoms with Crippen LogP contribution in [0.2, 0.25) is 0 Å². The summed E-state index contributed by atoms with van der Waals surface area (Å²) in [7, 11) is 0. The van der Waals surface area contributed by atoms with Crippen LogP contribution in [0.4, 0.5) is 13.2 Å². The molecule has 2 aromatic heterocycles. The quantitative estimate of drug-likeness (QED) is 0.462. The van der Waals surface area contributed by atoms with Crippen LogP contribution in [0.5, 0.6) is 5.75 Å². The summed E-state index contributed by atoms with van der Waals surface area (Å²) in [4.78, 5) is 26.0. The van der Waals surface area contributed by atoms with Crippen LogP contribution >= 0.6 is 23.4 Å². The van der Waals surface area contributed by atoms with Gasteiger partial charge in [0, 0.05) is 33.0 Å². The Labute approximate surface area is 200 Å². The molecular weight excluding hydrogens is 491 g/mol. The van der Waals surface area contributed by atoms with Crippen molar-refractivity contribution in [1.29, 1.82) is 0 Å². The fraction of sp³-hybridized carbons (Fsp3) is 0.250. The van der Waals surface area contributed by atoms with Crippen LogP contribution in [0.15, 0.2) is 77.4 Å². The third kappa shape index (κ3) is 3.41. The van der Waals surface area contributed by atoms with E-state index in [1.807, 2.05) is 26.0 Å². The highest BCUT2D eigenvalue weighted by molar-refractivity contribution is 7.99. The van der Waals surface area contributed by atoms with E-state index in [4.69, 9.17) is 16.0 Å². The normalized spacial score (nSPS) is 20.8. The van der Waals surface area contributed by atoms with E-state index in [0.717, 1.165) is 12.1 Å². The molecule has 3 heterocycles. The smallest absolute Gasteiger partial charge is 0.416 e. The Kier molecular flexibility index (Phi) is 5.07. The fourth-order valence-electron chi connectivity index (χ4n) is 4.68. The standard InChI is InChI=1S/C24H17ClF3NO4S/c1-23(2)14-9-12(25)6-7-15(14)29-17(23)10-16-18(21(29)31)19(30)20(22(32)33-16)34-13-5-3-4-11(8-13)24(26,27)28/h3-10,14-15,30H,1-2H3. The number of fused-ring (bicyclic) bond motifs is 4. The summed E-state index contributed by atoms with van der Waals surface area (Å²) in [5.41, 5.74) is -2.40. The van der Waals surface area contributed by atoms with Crippen molar-refractivity contribution in [2.24, 2.45) is 5.92 Å². The molecule has 1 aromatic carbocycles. The maximum Gasteiger partial charge on any atom is 0.416 e. The number of pyridine rings is 1. The van der Waals surface area contributed by atoms with Crippen molar-refractivity contribution >= 4 is 34.3 Å². The summed E-state index contributed by atoms with van der Waals surface area (Å²) in [5, 5.41) is 11.3. The first-order valence-electron chi connectivity index (χ1n) is 10.3. The van der Waals surface area contributed by atoms with E-state index >= 15 is 0 Å². The molecule has 0 saturated heterocycles. The number of halogens is 4. The largest absolute Gasteiger partial charge is 0.505 e. The zero-order valence-corrected chi connectivity index (χ0v) is 19.4. The SMILES string of the molecule is CC1(C)c2cc3oc(=O)c(Sc4cccc(C(F)(F)F)c4)c(O)c3c(=O)n2C2C=CC(Cl)=CC21. The predicted molar refractivity (Wildman–Crippen MR) is 123 cm³/mol. The van der Waals surface area contributed by atoms with Crippen molar-refractivity contribution in [2.45, 2.75) is 41.3 Å². The number of aromatic nitrogens is 1. The van der Waals surface area contributed by atoms with Crippen molar-refractivity contribution < 1.29 is 22.7 Å². The second-order valence-electron chi connectivity index (χ2n) is 8.79. The molecule has 0 fully saturated rings. The molecule has 0 radical (unpaired) electrons. The Morgan fingerprint density at radius 1 is 1.21 bits per heavy atom. The molecule has 5 nitrogen and oxygen atoms in total. The van der Waals surface area contributed by atoms with Gasteiger partial charge in [0.25, 0.3) is 5.56 Å². The Balaban J connectivity index is 1.69. The van der Waals surface area contributed by atoms with Gasteiger partial charge in [-0.25, -0.2) is 4.79 Å². The molecule has 0 spiro atoms. The fourth-order valence-corrected chi connectivity index (χ4v) is 5.78. The maximum atomic E-state index is 13.6. The van der Waals surface area contributed by atoms with E-state index in [2.05, 4.69) is 0 Å². The molecular formula is C24H17ClF3NO4S. The molecule has 2 atom stereocenters. The number of aromatic hydroxyl groups is 1. The summed E-state index contributed by atoms with van der Waals surface area (Å²) in [5.74, 6) is -0.758. The predicted octanol–water partition coefficient (Wildman–Crippen LogP) is 5.97. The van der Waals surface area contributed by atoms with Crippen molar-refractivity contribution in [3.05, 3.63) is 85.6 Å². The lowest BCUT2D eigenvalue weighted by Gasteiger charge is -2.28. The molecule has 10 heteroatoms. The van der Waals surface area contributed by atoms with Gasteiger partial charge in [0.1, 0.15) is 15.9 Å². The molecule has 3 aromatic rings. The third-order valence-electron chi connectivity index (χ3n) is 6.38. The molecule has 0 bridgehead atoms. The topological polar surface area (TPSA) is 72.4 Å². The first kappa shape index (κ1) is 22.9. The van der Waals surface area contributed by atoms with E-state index in [1.54, 1.807) is 16.7 Å². The number of alkyl halides is 3. The molecule has 0 amide bonds. The van der Waals surface area contributed by atoms with Gasteiger partial charge < -0.3 is 14.1 Å². The lowest BCUT2D eigenvalue weighted by molar-refractivity contribution is -0.137. The van der Waals surface area contributed by atoms with Gasteiger partial charge in [-0.1, -0.05) is 55.4 Å². The van der Waals surface area contributed by atoms with E-state index in [9.17, 15) is 27.9 Å². The monoisotopic (exact) mass is 507 g/mol. The van der Waals surface area contributed by atoms with Gasteiger partial charge in [0.05, 0.1) is 11.6 Å². The van der Waals surface area contributed by atoms with Crippen LogP contribution in [0.25, 0.3) is 11.0 Å². The van der Waals surface area contributed by atoms with Crippen molar-refractivity contribution in [3.63, 3.8) is 0 Å². The van der Waals surface area contributed by atoms with Crippen LogP contribution in [-0.4, -0.2) is 9.67 Å². The van der Waals surface area contributed by atoms with Gasteiger partial charge in [-0.3, -0.25) is 4.79 Å². The van der Waals surface area contributed by atoms with E-state index < -0.39 is 34.1 Å². The Morgan fingerprint density at radius 2 is 1.94 bits per heavy atom. The second kappa shape index (κ2) is 7.55. The van der Waals surface area contributed by atoms with Gasteiger partial charge in [0.2, 0.25) is 0 Å². The molecule has 0 saturated carbocycles. The molecule has 34 heavy (non-hydrogen) atoms. The number of nitrogens with zero attached hydrogens (tertiary/aromatic N) is 1. The Bertz CT molecular complexity index is 1530. The van der Waals surface area contributed by atoms with Crippen LogP contribution in [0, 0.1) is 5.92 Å². The van der Waals surface area contributed by atoms with Gasteiger partial charge in [-0.05, 0) is 24.3 Å². The zero-order valence-electron chi connectivity index (χ0n) is 17.8. The summed E-state index contributed by atoms with van der Waals surface area (Å²) >= 11 is 6.80. The first-order chi connectivity index (χ1) is 15.9.